The van der Waals surface area contributed by atoms with Gasteiger partial charge in [0, 0.05) is 10.4 Å². The zero-order valence-electron chi connectivity index (χ0n) is 12.1. The van der Waals surface area contributed by atoms with Gasteiger partial charge in [0.15, 0.2) is 0 Å². The molecule has 0 radical (unpaired) electrons. The van der Waals surface area contributed by atoms with Crippen molar-refractivity contribution in [1.82, 2.24) is 0 Å². The highest BCUT2D eigenvalue weighted by Crippen LogP contribution is 2.32. The highest BCUT2D eigenvalue weighted by Gasteiger charge is 2.25. The van der Waals surface area contributed by atoms with Gasteiger partial charge in [-0.2, -0.15) is 0 Å². The van der Waals surface area contributed by atoms with Crippen molar-refractivity contribution < 1.29 is 4.43 Å². The molecule has 1 atom stereocenters. The molecule has 0 heterocycles. The van der Waals surface area contributed by atoms with Crippen molar-refractivity contribution >= 4 is 24.2 Å². The van der Waals surface area contributed by atoms with Crippen LogP contribution in [0.25, 0.3) is 0 Å². The van der Waals surface area contributed by atoms with Crippen molar-refractivity contribution in [2.24, 2.45) is 5.92 Å². The fourth-order valence-corrected chi connectivity index (χ4v) is 3.93. The maximum atomic E-state index is 6.29. The summed E-state index contributed by atoms with van der Waals surface area (Å²) in [6.45, 7) is 6.79. The van der Waals surface area contributed by atoms with Crippen LogP contribution in [0.1, 0.15) is 24.8 Å². The second kappa shape index (κ2) is 6.27. The first-order valence-corrected chi connectivity index (χ1v) is 11.3. The monoisotopic (exact) mass is 338 g/mol. The Balaban J connectivity index is 2.12. The molecule has 0 bridgehead atoms. The van der Waals surface area contributed by atoms with E-state index < -0.39 is 8.32 Å². The lowest BCUT2D eigenvalue weighted by molar-refractivity contribution is 0.309. The lowest BCUT2D eigenvalue weighted by atomic mass is 9.88. The number of rotatable bonds is 4. The van der Waals surface area contributed by atoms with Gasteiger partial charge in [-0.15, -0.1) is 0 Å². The number of benzene rings is 1. The molecule has 0 saturated heterocycles. The predicted octanol–water partition coefficient (Wildman–Crippen LogP) is 5.53. The molecule has 19 heavy (non-hydrogen) atoms. The number of hydrogen-bond donors (Lipinski definition) is 0. The highest BCUT2D eigenvalue weighted by molar-refractivity contribution is 9.10. The van der Waals surface area contributed by atoms with Crippen LogP contribution in [0, 0.1) is 5.92 Å². The Morgan fingerprint density at radius 2 is 2.00 bits per heavy atom. The van der Waals surface area contributed by atoms with Crippen molar-refractivity contribution in [3.63, 3.8) is 0 Å². The standard InChI is InChI=1S/C16H23BrOSi/c1-19(2,3)18-16-11-7-5-9-14(16)12-13-8-4-6-10-15(13)17/h4,6,8,10-11,14H,5,7,9,12H2,1-3H3. The Kier molecular flexibility index (Phi) is 4.90. The van der Waals surface area contributed by atoms with E-state index in [0.717, 1.165) is 6.42 Å². The van der Waals surface area contributed by atoms with Crippen molar-refractivity contribution in [1.29, 1.82) is 0 Å². The molecule has 1 aromatic rings. The summed E-state index contributed by atoms with van der Waals surface area (Å²) in [5.41, 5.74) is 1.39. The topological polar surface area (TPSA) is 9.23 Å². The van der Waals surface area contributed by atoms with E-state index in [1.54, 1.807) is 0 Å². The minimum atomic E-state index is -1.50. The first-order valence-electron chi connectivity index (χ1n) is 7.08. The normalized spacial score (nSPS) is 20.0. The van der Waals surface area contributed by atoms with Crippen LogP contribution in [0.4, 0.5) is 0 Å². The van der Waals surface area contributed by atoms with E-state index in [0.29, 0.717) is 5.92 Å². The molecule has 0 amide bonds. The number of hydrogen-bond acceptors (Lipinski definition) is 1. The summed E-state index contributed by atoms with van der Waals surface area (Å²) in [6, 6.07) is 8.53. The minimum Gasteiger partial charge on any atom is -0.547 e. The molecule has 0 N–H and O–H groups in total. The summed E-state index contributed by atoms with van der Waals surface area (Å²) in [5, 5.41) is 0. The van der Waals surface area contributed by atoms with E-state index in [1.165, 1.54) is 35.1 Å². The molecule has 1 aromatic carbocycles. The van der Waals surface area contributed by atoms with E-state index in [-0.39, 0.29) is 0 Å². The maximum absolute atomic E-state index is 6.29. The van der Waals surface area contributed by atoms with Crippen molar-refractivity contribution in [2.45, 2.75) is 45.3 Å². The molecular formula is C16H23BrOSi. The molecule has 0 aliphatic heterocycles. The van der Waals surface area contributed by atoms with Gasteiger partial charge in [-0.25, -0.2) is 0 Å². The zero-order valence-corrected chi connectivity index (χ0v) is 14.7. The van der Waals surface area contributed by atoms with E-state index in [2.05, 4.69) is 65.9 Å². The molecule has 104 valence electrons. The average molecular weight is 339 g/mol. The molecule has 1 unspecified atom stereocenters. The predicted molar refractivity (Wildman–Crippen MR) is 87.7 cm³/mol. The maximum Gasteiger partial charge on any atom is 0.241 e. The van der Waals surface area contributed by atoms with Crippen molar-refractivity contribution in [2.75, 3.05) is 0 Å². The Morgan fingerprint density at radius 3 is 2.68 bits per heavy atom. The third-order valence-corrected chi connectivity index (χ3v) is 4.97. The van der Waals surface area contributed by atoms with Crippen LogP contribution in [0.2, 0.25) is 19.6 Å². The quantitative estimate of drug-likeness (QED) is 0.656. The Morgan fingerprint density at radius 1 is 1.26 bits per heavy atom. The fourth-order valence-electron chi connectivity index (χ4n) is 2.53. The molecule has 0 aromatic heterocycles. The van der Waals surface area contributed by atoms with Gasteiger partial charge >= 0.3 is 0 Å². The van der Waals surface area contributed by atoms with Crippen LogP contribution in [-0.2, 0) is 10.8 Å². The Hall–Kier alpha value is -0.543. The summed E-state index contributed by atoms with van der Waals surface area (Å²) in [5.74, 6) is 1.81. The van der Waals surface area contributed by atoms with Gasteiger partial charge < -0.3 is 4.43 Å². The zero-order chi connectivity index (χ0) is 13.9. The molecule has 1 nitrogen and oxygen atoms in total. The van der Waals surface area contributed by atoms with Crippen molar-refractivity contribution in [3.05, 3.63) is 46.1 Å². The molecule has 3 heteroatoms. The Bertz CT molecular complexity index is 462. The van der Waals surface area contributed by atoms with Crippen LogP contribution in [0.5, 0.6) is 0 Å². The van der Waals surface area contributed by atoms with Crippen LogP contribution in [0.15, 0.2) is 40.6 Å². The molecule has 0 saturated carbocycles. The van der Waals surface area contributed by atoms with Gasteiger partial charge in [-0.3, -0.25) is 0 Å². The van der Waals surface area contributed by atoms with Gasteiger partial charge in [0.25, 0.3) is 0 Å². The summed E-state index contributed by atoms with van der Waals surface area (Å²) >= 11 is 3.65. The van der Waals surface area contributed by atoms with E-state index >= 15 is 0 Å². The fraction of sp³-hybridized carbons (Fsp3) is 0.500. The van der Waals surface area contributed by atoms with Crippen LogP contribution >= 0.6 is 15.9 Å². The Labute approximate surface area is 126 Å². The van der Waals surface area contributed by atoms with Crippen LogP contribution in [0.3, 0.4) is 0 Å². The molecular weight excluding hydrogens is 316 g/mol. The molecule has 1 aliphatic carbocycles. The second-order valence-electron chi connectivity index (χ2n) is 6.24. The smallest absolute Gasteiger partial charge is 0.241 e. The highest BCUT2D eigenvalue weighted by atomic mass is 79.9. The van der Waals surface area contributed by atoms with E-state index in [1.807, 2.05) is 0 Å². The van der Waals surface area contributed by atoms with Gasteiger partial charge in [0.1, 0.15) is 0 Å². The van der Waals surface area contributed by atoms with E-state index in [9.17, 15) is 0 Å². The van der Waals surface area contributed by atoms with Gasteiger partial charge in [0.2, 0.25) is 8.32 Å². The molecule has 0 fully saturated rings. The third kappa shape index (κ3) is 4.50. The SMILES string of the molecule is C[Si](C)(C)OC1=CCCCC1Cc1ccccc1Br. The number of halogens is 1. The second-order valence-corrected chi connectivity index (χ2v) is 11.5. The molecule has 1 aliphatic rings. The van der Waals surface area contributed by atoms with Gasteiger partial charge in [-0.05, 0) is 63.0 Å². The molecule has 2 rings (SSSR count). The first kappa shape index (κ1) is 14.9. The average Bonchev–Trinajstić information content (AvgIpc) is 2.33. The molecule has 0 spiro atoms. The van der Waals surface area contributed by atoms with Gasteiger partial charge in [-0.1, -0.05) is 34.1 Å². The summed E-state index contributed by atoms with van der Waals surface area (Å²) in [7, 11) is -1.50. The van der Waals surface area contributed by atoms with Crippen LogP contribution < -0.4 is 0 Å². The first-order chi connectivity index (χ1) is 8.96. The number of allylic oxidation sites excluding steroid dienone is 2. The van der Waals surface area contributed by atoms with Gasteiger partial charge in [0.05, 0.1) is 5.76 Å². The largest absolute Gasteiger partial charge is 0.547 e. The lowest BCUT2D eigenvalue weighted by Gasteiger charge is -2.30. The van der Waals surface area contributed by atoms with E-state index in [4.69, 9.17) is 4.43 Å². The lowest BCUT2D eigenvalue weighted by Crippen LogP contribution is -2.28. The van der Waals surface area contributed by atoms with Crippen LogP contribution in [-0.4, -0.2) is 8.32 Å². The third-order valence-electron chi connectivity index (χ3n) is 3.35. The summed E-state index contributed by atoms with van der Waals surface area (Å²) in [6.07, 6.45) is 7.11. The van der Waals surface area contributed by atoms with Crippen molar-refractivity contribution in [3.8, 4) is 0 Å². The summed E-state index contributed by atoms with van der Waals surface area (Å²) < 4.78 is 7.50. The minimum absolute atomic E-state index is 0.555. The summed E-state index contributed by atoms with van der Waals surface area (Å²) in [4.78, 5) is 0.